The van der Waals surface area contributed by atoms with Crippen molar-refractivity contribution in [1.82, 2.24) is 14.1 Å². The van der Waals surface area contributed by atoms with Gasteiger partial charge in [0.05, 0.1) is 6.61 Å². The number of carbonyl (C=O) groups excluding carboxylic acids is 2. The van der Waals surface area contributed by atoms with Gasteiger partial charge in [-0.2, -0.15) is 0 Å². The number of hydrogen-bond donors (Lipinski definition) is 2. The molecule has 3 aromatic heterocycles. The second kappa shape index (κ2) is 9.46. The molecular formula is C29H33N5O5. The van der Waals surface area contributed by atoms with Gasteiger partial charge in [0, 0.05) is 56.0 Å². The predicted molar refractivity (Wildman–Crippen MR) is 146 cm³/mol. The van der Waals surface area contributed by atoms with Crippen molar-refractivity contribution in [2.45, 2.75) is 58.8 Å². The number of amides is 2. The average Bonchev–Trinajstić information content (AvgIpc) is 3.62. The molecule has 0 radical (unpaired) electrons. The van der Waals surface area contributed by atoms with Gasteiger partial charge >= 0.3 is 0 Å². The van der Waals surface area contributed by atoms with Gasteiger partial charge < -0.3 is 24.3 Å². The number of anilines is 2. The van der Waals surface area contributed by atoms with Gasteiger partial charge in [-0.25, -0.2) is 4.98 Å². The van der Waals surface area contributed by atoms with E-state index in [0.29, 0.717) is 54.3 Å². The molecule has 6 rings (SSSR count). The summed E-state index contributed by atoms with van der Waals surface area (Å²) in [5.41, 5.74) is 4.83. The van der Waals surface area contributed by atoms with Crippen LogP contribution in [0.4, 0.5) is 11.5 Å². The number of aromatic nitrogens is 3. The zero-order valence-electron chi connectivity index (χ0n) is 22.5. The summed E-state index contributed by atoms with van der Waals surface area (Å²) >= 11 is 0. The molecule has 1 unspecified atom stereocenters. The fourth-order valence-electron chi connectivity index (χ4n) is 6.20. The van der Waals surface area contributed by atoms with Gasteiger partial charge in [-0.05, 0) is 60.4 Å². The Balaban J connectivity index is 1.35. The summed E-state index contributed by atoms with van der Waals surface area (Å²) < 4.78 is 8.99. The first-order valence-corrected chi connectivity index (χ1v) is 13.4. The quantitative estimate of drug-likeness (QED) is 0.523. The zero-order valence-corrected chi connectivity index (χ0v) is 22.5. The Morgan fingerprint density at radius 3 is 2.79 bits per heavy atom. The highest BCUT2D eigenvalue weighted by Crippen LogP contribution is 2.40. The summed E-state index contributed by atoms with van der Waals surface area (Å²) in [6.07, 6.45) is 5.99. The van der Waals surface area contributed by atoms with Crippen molar-refractivity contribution in [3.63, 3.8) is 0 Å². The third-order valence-electron chi connectivity index (χ3n) is 8.05. The maximum absolute atomic E-state index is 13.7. The molecule has 1 atom stereocenters. The molecule has 39 heavy (non-hydrogen) atoms. The highest BCUT2D eigenvalue weighted by molar-refractivity contribution is 6.06. The number of aliphatic hydroxyl groups excluding tert-OH is 1. The van der Waals surface area contributed by atoms with Crippen molar-refractivity contribution in [2.24, 2.45) is 12.5 Å². The Kier molecular flexibility index (Phi) is 6.19. The number of aliphatic hydroxyl groups is 1. The fourth-order valence-corrected chi connectivity index (χ4v) is 6.20. The van der Waals surface area contributed by atoms with Crippen LogP contribution >= 0.6 is 0 Å². The second-order valence-corrected chi connectivity index (χ2v) is 11.5. The molecule has 2 N–H and O–H groups in total. The number of hydrogen-bond acceptors (Lipinski definition) is 6. The second-order valence-electron chi connectivity index (χ2n) is 11.5. The number of pyridine rings is 2. The van der Waals surface area contributed by atoms with Gasteiger partial charge in [0.2, 0.25) is 0 Å². The smallest absolute Gasteiger partial charge is 0.276 e. The predicted octanol–water partition coefficient (Wildman–Crippen LogP) is 2.64. The molecule has 10 heteroatoms. The minimum Gasteiger partial charge on any atom is -0.392 e. The molecule has 0 bridgehead atoms. The highest BCUT2D eigenvalue weighted by atomic mass is 16.5. The molecule has 0 spiro atoms. The average molecular weight is 532 g/mol. The highest BCUT2D eigenvalue weighted by Gasteiger charge is 2.37. The number of ether oxygens (including phenoxy) is 1. The monoisotopic (exact) mass is 531 g/mol. The van der Waals surface area contributed by atoms with Crippen molar-refractivity contribution in [3.05, 3.63) is 63.5 Å². The van der Waals surface area contributed by atoms with E-state index in [1.54, 1.807) is 36.5 Å². The van der Waals surface area contributed by atoms with Crippen LogP contribution < -0.4 is 15.8 Å². The molecule has 3 aromatic rings. The first kappa shape index (κ1) is 25.5. The summed E-state index contributed by atoms with van der Waals surface area (Å²) in [5, 5.41) is 13.2. The van der Waals surface area contributed by atoms with Crippen LogP contribution in [0.25, 0.3) is 11.1 Å². The maximum atomic E-state index is 13.7. The Labute approximate surface area is 226 Å². The third kappa shape index (κ3) is 4.37. The molecule has 1 fully saturated rings. The van der Waals surface area contributed by atoms with E-state index in [0.717, 1.165) is 19.3 Å². The molecule has 5 heterocycles. The third-order valence-corrected chi connectivity index (χ3v) is 8.05. The molecule has 1 aliphatic carbocycles. The lowest BCUT2D eigenvalue weighted by molar-refractivity contribution is -0.124. The summed E-state index contributed by atoms with van der Waals surface area (Å²) in [5.74, 6) is -0.0960. The summed E-state index contributed by atoms with van der Waals surface area (Å²) in [6.45, 7) is 5.76. The lowest BCUT2D eigenvalue weighted by atomic mass is 9.90. The van der Waals surface area contributed by atoms with E-state index < -0.39 is 6.10 Å². The molecule has 2 aliphatic heterocycles. The largest absolute Gasteiger partial charge is 0.392 e. The zero-order chi connectivity index (χ0) is 27.5. The van der Waals surface area contributed by atoms with Crippen LogP contribution in [-0.2, 0) is 42.6 Å². The van der Waals surface area contributed by atoms with E-state index in [-0.39, 0.29) is 35.1 Å². The van der Waals surface area contributed by atoms with Gasteiger partial charge in [0.1, 0.15) is 23.3 Å². The first-order valence-electron chi connectivity index (χ1n) is 13.4. The number of nitrogens with zero attached hydrogens (tertiary/aromatic N) is 4. The van der Waals surface area contributed by atoms with E-state index in [4.69, 9.17) is 4.74 Å². The summed E-state index contributed by atoms with van der Waals surface area (Å²) in [7, 11) is 1.61. The number of fused-ring (bicyclic) bond motifs is 3. The lowest BCUT2D eigenvalue weighted by Gasteiger charge is -2.31. The van der Waals surface area contributed by atoms with Crippen LogP contribution in [0.1, 0.15) is 54.0 Å². The number of rotatable bonds is 5. The molecule has 0 saturated carbocycles. The molecule has 1 saturated heterocycles. The molecule has 204 valence electrons. The SMILES string of the molecule is Cn1cc(-c2ccnc(N3CCn4c(cc5c4CC(C)(C)C5)C3=O)c2CO)cc(NC(=O)C2CCCO2)c1=O. The maximum Gasteiger partial charge on any atom is 0.276 e. The van der Waals surface area contributed by atoms with E-state index in [1.165, 1.54) is 15.8 Å². The number of aryl methyl sites for hydroxylation is 1. The minimum atomic E-state index is -0.574. The van der Waals surface area contributed by atoms with Gasteiger partial charge in [0.25, 0.3) is 17.4 Å². The van der Waals surface area contributed by atoms with Gasteiger partial charge in [-0.3, -0.25) is 19.3 Å². The topological polar surface area (TPSA) is 119 Å². The van der Waals surface area contributed by atoms with Crippen molar-refractivity contribution < 1.29 is 19.4 Å². The summed E-state index contributed by atoms with van der Waals surface area (Å²) in [4.78, 5) is 45.3. The van der Waals surface area contributed by atoms with E-state index in [9.17, 15) is 19.5 Å². The fraction of sp³-hybridized carbons (Fsp3) is 0.448. The van der Waals surface area contributed by atoms with Crippen LogP contribution in [0.5, 0.6) is 0 Å². The molecule has 0 aromatic carbocycles. The first-order chi connectivity index (χ1) is 18.7. The van der Waals surface area contributed by atoms with Crippen molar-refractivity contribution in [3.8, 4) is 11.1 Å². The van der Waals surface area contributed by atoms with Crippen LogP contribution in [0.3, 0.4) is 0 Å². The minimum absolute atomic E-state index is 0.127. The number of nitrogens with one attached hydrogen (secondary N) is 1. The summed E-state index contributed by atoms with van der Waals surface area (Å²) in [6, 6.07) is 5.36. The normalized spacial score (nSPS) is 19.7. The standard InChI is InChI=1S/C29H33N5O5/c1-29(2)13-17-12-22-28(38)34(9-8-33(22)23(17)14-29)25-20(16-35)19(6-7-30-25)18-11-21(27(37)32(3)15-18)31-26(36)24-5-4-10-39-24/h6-7,11-12,15,24,35H,4-5,8-10,13-14,16H2,1-3H3,(H,31,36). The van der Waals surface area contributed by atoms with Crippen molar-refractivity contribution in [1.29, 1.82) is 0 Å². The van der Waals surface area contributed by atoms with Crippen LogP contribution in [0.2, 0.25) is 0 Å². The van der Waals surface area contributed by atoms with Gasteiger partial charge in [-0.1, -0.05) is 13.8 Å². The van der Waals surface area contributed by atoms with Gasteiger partial charge in [0.15, 0.2) is 0 Å². The Morgan fingerprint density at radius 2 is 2.05 bits per heavy atom. The lowest BCUT2D eigenvalue weighted by Crippen LogP contribution is -2.41. The molecule has 3 aliphatic rings. The van der Waals surface area contributed by atoms with E-state index in [1.807, 2.05) is 6.07 Å². The van der Waals surface area contributed by atoms with E-state index >= 15 is 0 Å². The van der Waals surface area contributed by atoms with E-state index in [2.05, 4.69) is 28.7 Å². The van der Waals surface area contributed by atoms with Crippen LogP contribution in [0, 0.1) is 5.41 Å². The van der Waals surface area contributed by atoms with Crippen LogP contribution in [0.15, 0.2) is 35.4 Å². The van der Waals surface area contributed by atoms with Crippen LogP contribution in [-0.4, -0.2) is 50.3 Å². The molecule has 10 nitrogen and oxygen atoms in total. The van der Waals surface area contributed by atoms with Crippen molar-refractivity contribution in [2.75, 3.05) is 23.4 Å². The van der Waals surface area contributed by atoms with Crippen molar-refractivity contribution >= 4 is 23.3 Å². The Bertz CT molecular complexity index is 1550. The number of carbonyl (C=O) groups is 2. The Hall–Kier alpha value is -3.76. The molecule has 2 amide bonds. The Morgan fingerprint density at radius 1 is 1.23 bits per heavy atom. The van der Waals surface area contributed by atoms with Gasteiger partial charge in [-0.15, -0.1) is 0 Å². The molecular weight excluding hydrogens is 498 g/mol.